The summed E-state index contributed by atoms with van der Waals surface area (Å²) in [6.07, 6.45) is 0. The summed E-state index contributed by atoms with van der Waals surface area (Å²) >= 11 is 0. The van der Waals surface area contributed by atoms with E-state index >= 15 is 0 Å². The van der Waals surface area contributed by atoms with Crippen LogP contribution in [0, 0.1) is 0 Å². The standard InChI is InChI=1S/C7H11BN2O/c1-4(8)7(11-3)6(10)5(2)9/h1-2,9-10H2,3H3/b7-6-. The van der Waals surface area contributed by atoms with Crippen LogP contribution in [0.4, 0.5) is 0 Å². The van der Waals surface area contributed by atoms with E-state index in [9.17, 15) is 0 Å². The van der Waals surface area contributed by atoms with Crippen molar-refractivity contribution in [2.24, 2.45) is 11.5 Å². The van der Waals surface area contributed by atoms with Gasteiger partial charge in [-0.15, -0.1) is 6.58 Å². The van der Waals surface area contributed by atoms with Gasteiger partial charge >= 0.3 is 0 Å². The number of ether oxygens (including phenoxy) is 1. The Morgan fingerprint density at radius 3 is 1.91 bits per heavy atom. The fourth-order valence-electron chi connectivity index (χ4n) is 0.560. The third-order valence-electron chi connectivity index (χ3n) is 1.09. The van der Waals surface area contributed by atoms with Gasteiger partial charge in [0.1, 0.15) is 13.6 Å². The zero-order valence-corrected chi connectivity index (χ0v) is 6.55. The minimum atomic E-state index is 0.216. The van der Waals surface area contributed by atoms with Crippen LogP contribution in [0.15, 0.2) is 35.8 Å². The SMILES string of the molecule is [B]C(=C)/C(OC)=C(/N)C(=C)N. The molecule has 2 radical (unpaired) electrons. The molecule has 0 fully saturated rings. The van der Waals surface area contributed by atoms with E-state index in [0.29, 0.717) is 0 Å². The molecule has 3 nitrogen and oxygen atoms in total. The summed E-state index contributed by atoms with van der Waals surface area (Å²) in [5.74, 6) is 0.275. The molecule has 0 saturated carbocycles. The van der Waals surface area contributed by atoms with E-state index in [-0.39, 0.29) is 22.6 Å². The Bertz CT molecular complexity index is 220. The molecule has 0 aromatic rings. The zero-order valence-electron chi connectivity index (χ0n) is 6.55. The van der Waals surface area contributed by atoms with E-state index in [1.807, 2.05) is 0 Å². The molecular weight excluding hydrogens is 139 g/mol. The van der Waals surface area contributed by atoms with Crippen molar-refractivity contribution < 1.29 is 4.74 Å². The normalized spacial score (nSPS) is 11.7. The molecule has 58 valence electrons. The molecule has 0 aliphatic rings. The molecule has 0 rings (SSSR count). The van der Waals surface area contributed by atoms with Gasteiger partial charge in [0.05, 0.1) is 18.5 Å². The van der Waals surface area contributed by atoms with Crippen LogP contribution in [-0.4, -0.2) is 15.0 Å². The van der Waals surface area contributed by atoms with Gasteiger partial charge in [0.25, 0.3) is 0 Å². The highest BCUT2D eigenvalue weighted by Crippen LogP contribution is 2.10. The van der Waals surface area contributed by atoms with Gasteiger partial charge in [0.2, 0.25) is 0 Å². The highest BCUT2D eigenvalue weighted by atomic mass is 16.5. The molecule has 0 aromatic heterocycles. The maximum Gasteiger partial charge on any atom is 0.136 e. The Kier molecular flexibility index (Phi) is 3.31. The lowest BCUT2D eigenvalue weighted by atomic mass is 9.94. The van der Waals surface area contributed by atoms with Crippen molar-refractivity contribution in [2.45, 2.75) is 0 Å². The third-order valence-corrected chi connectivity index (χ3v) is 1.09. The van der Waals surface area contributed by atoms with Crippen molar-refractivity contribution in [3.63, 3.8) is 0 Å². The molecule has 0 bridgehead atoms. The maximum absolute atomic E-state index is 5.46. The number of methoxy groups -OCH3 is 1. The molecule has 4 N–H and O–H groups in total. The van der Waals surface area contributed by atoms with Crippen molar-refractivity contribution in [2.75, 3.05) is 7.11 Å². The summed E-state index contributed by atoms with van der Waals surface area (Å²) in [6, 6.07) is 0. The highest BCUT2D eigenvalue weighted by molar-refractivity contribution is 6.23. The average Bonchev–Trinajstić information content (AvgIpc) is 1.88. The molecule has 0 atom stereocenters. The van der Waals surface area contributed by atoms with E-state index in [1.165, 1.54) is 7.11 Å². The molecular formula is C7H11BN2O. The minimum absolute atomic E-state index is 0.216. The van der Waals surface area contributed by atoms with Crippen molar-refractivity contribution in [3.8, 4) is 0 Å². The van der Waals surface area contributed by atoms with Gasteiger partial charge in [0, 0.05) is 0 Å². The quantitative estimate of drug-likeness (QED) is 0.337. The maximum atomic E-state index is 5.46. The van der Waals surface area contributed by atoms with E-state index in [1.54, 1.807) is 0 Å². The van der Waals surface area contributed by atoms with Gasteiger partial charge in [-0.05, 0) is 0 Å². The van der Waals surface area contributed by atoms with Crippen LogP contribution in [0.3, 0.4) is 0 Å². The van der Waals surface area contributed by atoms with Crippen LogP contribution < -0.4 is 11.5 Å². The monoisotopic (exact) mass is 150 g/mol. The van der Waals surface area contributed by atoms with Gasteiger partial charge in [-0.2, -0.15) is 0 Å². The predicted octanol–water partition coefficient (Wildman–Crippen LogP) is -0.0423. The number of hydrogen-bond acceptors (Lipinski definition) is 3. The van der Waals surface area contributed by atoms with Gasteiger partial charge in [-0.25, -0.2) is 0 Å². The largest absolute Gasteiger partial charge is 0.495 e. The Morgan fingerprint density at radius 2 is 1.82 bits per heavy atom. The lowest BCUT2D eigenvalue weighted by Crippen LogP contribution is -2.13. The predicted molar refractivity (Wildman–Crippen MR) is 46.4 cm³/mol. The minimum Gasteiger partial charge on any atom is -0.495 e. The van der Waals surface area contributed by atoms with Gasteiger partial charge < -0.3 is 16.2 Å². The first-order valence-corrected chi connectivity index (χ1v) is 2.94. The van der Waals surface area contributed by atoms with Gasteiger partial charge in [0.15, 0.2) is 0 Å². The smallest absolute Gasteiger partial charge is 0.136 e. The zero-order chi connectivity index (χ0) is 9.02. The van der Waals surface area contributed by atoms with Crippen LogP contribution in [0.1, 0.15) is 0 Å². The topological polar surface area (TPSA) is 61.3 Å². The Labute approximate surface area is 67.8 Å². The van der Waals surface area contributed by atoms with Crippen molar-refractivity contribution >= 4 is 7.85 Å². The summed E-state index contributed by atoms with van der Waals surface area (Å²) in [5.41, 5.74) is 11.4. The van der Waals surface area contributed by atoms with Crippen molar-refractivity contribution in [1.82, 2.24) is 0 Å². The van der Waals surface area contributed by atoms with Crippen LogP contribution in [0.25, 0.3) is 0 Å². The summed E-state index contributed by atoms with van der Waals surface area (Å²) < 4.78 is 4.82. The molecule has 0 saturated heterocycles. The molecule has 4 heteroatoms. The summed E-state index contributed by atoms with van der Waals surface area (Å²) in [7, 11) is 6.77. The third kappa shape index (κ3) is 2.41. The van der Waals surface area contributed by atoms with Crippen LogP contribution in [0.2, 0.25) is 0 Å². The molecule has 0 aliphatic heterocycles. The van der Waals surface area contributed by atoms with Gasteiger partial charge in [-0.1, -0.05) is 12.1 Å². The number of hydrogen-bond donors (Lipinski definition) is 2. The summed E-state index contributed by atoms with van der Waals surface area (Å²) in [5, 5.41) is 0. The molecule has 0 heterocycles. The lowest BCUT2D eigenvalue weighted by Gasteiger charge is -2.09. The van der Waals surface area contributed by atoms with Gasteiger partial charge in [-0.3, -0.25) is 0 Å². The molecule has 0 aliphatic carbocycles. The molecule has 0 aromatic carbocycles. The van der Waals surface area contributed by atoms with Crippen LogP contribution >= 0.6 is 0 Å². The van der Waals surface area contributed by atoms with Crippen LogP contribution in [-0.2, 0) is 4.74 Å². The first-order chi connectivity index (χ1) is 5.00. The average molecular weight is 150 g/mol. The highest BCUT2D eigenvalue weighted by Gasteiger charge is 2.04. The molecule has 0 unspecified atom stereocenters. The van der Waals surface area contributed by atoms with Crippen molar-refractivity contribution in [3.05, 3.63) is 35.8 Å². The molecule has 0 spiro atoms. The number of nitrogens with two attached hydrogens (primary N) is 2. The molecule has 0 amide bonds. The van der Waals surface area contributed by atoms with E-state index < -0.39 is 0 Å². The Morgan fingerprint density at radius 1 is 1.36 bits per heavy atom. The first-order valence-electron chi connectivity index (χ1n) is 2.94. The Hall–Kier alpha value is -1.32. The molecule has 11 heavy (non-hydrogen) atoms. The Balaban J connectivity index is 4.83. The summed E-state index contributed by atoms with van der Waals surface area (Å²) in [4.78, 5) is 0. The van der Waals surface area contributed by atoms with E-state index in [0.717, 1.165) is 0 Å². The van der Waals surface area contributed by atoms with E-state index in [4.69, 9.17) is 24.1 Å². The second kappa shape index (κ2) is 3.76. The number of allylic oxidation sites excluding steroid dienone is 1. The fraction of sp³-hybridized carbons (Fsp3) is 0.143. The fourth-order valence-corrected chi connectivity index (χ4v) is 0.560. The second-order valence-corrected chi connectivity index (χ2v) is 2.00. The number of rotatable bonds is 3. The van der Waals surface area contributed by atoms with Crippen molar-refractivity contribution in [1.29, 1.82) is 0 Å². The summed E-state index contributed by atoms with van der Waals surface area (Å²) in [6.45, 7) is 6.87. The van der Waals surface area contributed by atoms with Crippen LogP contribution in [0.5, 0.6) is 0 Å². The van der Waals surface area contributed by atoms with E-state index in [2.05, 4.69) is 13.2 Å². The second-order valence-electron chi connectivity index (χ2n) is 2.00. The lowest BCUT2D eigenvalue weighted by molar-refractivity contribution is 0.300. The first kappa shape index (κ1) is 9.68.